The summed E-state index contributed by atoms with van der Waals surface area (Å²) in [6, 6.07) is 111. The lowest BCUT2D eigenvalue weighted by molar-refractivity contribution is 0.769. The van der Waals surface area contributed by atoms with Crippen LogP contribution >= 0.6 is 0 Å². The molecule has 14 rings (SSSR count). The van der Waals surface area contributed by atoms with E-state index >= 15 is 0 Å². The first-order chi connectivity index (χ1) is 37.3. The monoisotopic (exact) mass is 954 g/mol. The van der Waals surface area contributed by atoms with Gasteiger partial charge in [-0.25, -0.2) is 0 Å². The second-order valence-electron chi connectivity index (χ2n) is 19.5. The van der Waals surface area contributed by atoms with Crippen molar-refractivity contribution in [3.05, 3.63) is 326 Å². The summed E-state index contributed by atoms with van der Waals surface area (Å²) in [6.45, 7) is 0. The van der Waals surface area contributed by atoms with Gasteiger partial charge in [0, 0.05) is 27.7 Å². The molecular weight excluding hydrogens is 905 g/mol. The molecule has 0 saturated heterocycles. The van der Waals surface area contributed by atoms with Crippen molar-refractivity contribution in [3.63, 3.8) is 0 Å². The van der Waals surface area contributed by atoms with Crippen molar-refractivity contribution in [2.24, 2.45) is 0 Å². The molecule has 0 saturated carbocycles. The molecule has 0 radical (unpaired) electrons. The summed E-state index contributed by atoms with van der Waals surface area (Å²) in [6.07, 6.45) is 0. The number of rotatable bonds is 10. The number of aromatic nitrogens is 1. The Morgan fingerprint density at radius 1 is 0.280 bits per heavy atom. The van der Waals surface area contributed by atoms with Gasteiger partial charge in [0.15, 0.2) is 0 Å². The van der Waals surface area contributed by atoms with Crippen LogP contribution in [-0.4, -0.2) is 4.57 Å². The van der Waals surface area contributed by atoms with E-state index in [4.69, 9.17) is 0 Å². The summed E-state index contributed by atoms with van der Waals surface area (Å²) in [7, 11) is 0. The number of benzene rings is 12. The average molecular weight is 955 g/mol. The molecule has 0 N–H and O–H groups in total. The average Bonchev–Trinajstić information content (AvgIpc) is 4.00. The molecule has 2 nitrogen and oxygen atoms in total. The van der Waals surface area contributed by atoms with Crippen molar-refractivity contribution in [1.82, 2.24) is 4.57 Å². The van der Waals surface area contributed by atoms with E-state index in [0.29, 0.717) is 0 Å². The molecule has 75 heavy (non-hydrogen) atoms. The maximum Gasteiger partial charge on any atom is 0.0713 e. The zero-order valence-electron chi connectivity index (χ0n) is 41.3. The third-order valence-electron chi connectivity index (χ3n) is 15.5. The Bertz CT molecular complexity index is 4170. The van der Waals surface area contributed by atoms with Gasteiger partial charge in [0.2, 0.25) is 0 Å². The van der Waals surface area contributed by atoms with Crippen LogP contribution in [0, 0.1) is 0 Å². The lowest BCUT2D eigenvalue weighted by Gasteiger charge is -2.34. The molecule has 0 fully saturated rings. The molecule has 1 heterocycles. The number of nitrogens with zero attached hydrogens (tertiary/aromatic N) is 2. The molecule has 1 aliphatic rings. The SMILES string of the molecule is c1ccc(-c2ccccc2-c2ccccc2-c2ccccc2N(c2ccc(-c3ccc4c(c3)C(c3ccccc3)(c3ccccc3)c3ccccc3-4)cc2)c2cccc3c2c2ccccc2n3-c2ccccc2)cc1. The molecule has 12 aromatic carbocycles. The largest absolute Gasteiger partial charge is 0.309 e. The quantitative estimate of drug-likeness (QED) is 0.133. The topological polar surface area (TPSA) is 8.17 Å². The number of hydrogen-bond donors (Lipinski definition) is 0. The fourth-order valence-corrected chi connectivity index (χ4v) is 12.3. The first-order valence-electron chi connectivity index (χ1n) is 25.9. The van der Waals surface area contributed by atoms with E-state index in [2.05, 4.69) is 313 Å². The Kier molecular flexibility index (Phi) is 10.8. The molecule has 0 amide bonds. The van der Waals surface area contributed by atoms with Gasteiger partial charge in [0.1, 0.15) is 0 Å². The molecule has 352 valence electrons. The van der Waals surface area contributed by atoms with E-state index in [9.17, 15) is 0 Å². The van der Waals surface area contributed by atoms with Gasteiger partial charge in [-0.3, -0.25) is 0 Å². The van der Waals surface area contributed by atoms with Crippen LogP contribution in [0.25, 0.3) is 83.1 Å². The van der Waals surface area contributed by atoms with Crippen LogP contribution in [0.3, 0.4) is 0 Å². The Morgan fingerprint density at radius 2 is 0.760 bits per heavy atom. The van der Waals surface area contributed by atoms with Crippen molar-refractivity contribution >= 4 is 38.9 Å². The van der Waals surface area contributed by atoms with Crippen molar-refractivity contribution < 1.29 is 0 Å². The molecule has 2 heteroatoms. The highest BCUT2D eigenvalue weighted by Gasteiger charge is 2.46. The molecule has 0 spiro atoms. The van der Waals surface area contributed by atoms with Gasteiger partial charge >= 0.3 is 0 Å². The minimum atomic E-state index is -0.486. The molecular formula is C73H50N2. The highest BCUT2D eigenvalue weighted by molar-refractivity contribution is 6.17. The van der Waals surface area contributed by atoms with Crippen LogP contribution < -0.4 is 4.90 Å². The van der Waals surface area contributed by atoms with E-state index in [-0.39, 0.29) is 0 Å². The van der Waals surface area contributed by atoms with Crippen molar-refractivity contribution in [2.75, 3.05) is 4.90 Å². The summed E-state index contributed by atoms with van der Waals surface area (Å²) in [5.41, 5.74) is 23.3. The van der Waals surface area contributed by atoms with E-state index in [1.165, 1.54) is 77.5 Å². The van der Waals surface area contributed by atoms with Crippen LogP contribution in [0.5, 0.6) is 0 Å². The second kappa shape index (κ2) is 18.4. The Balaban J connectivity index is 0.975. The molecule has 0 bridgehead atoms. The van der Waals surface area contributed by atoms with Crippen LogP contribution in [0.1, 0.15) is 22.3 Å². The van der Waals surface area contributed by atoms with Crippen LogP contribution in [-0.2, 0) is 5.41 Å². The smallest absolute Gasteiger partial charge is 0.0713 e. The van der Waals surface area contributed by atoms with Crippen LogP contribution in [0.4, 0.5) is 17.1 Å². The van der Waals surface area contributed by atoms with Gasteiger partial charge in [-0.05, 0) is 127 Å². The van der Waals surface area contributed by atoms with Crippen molar-refractivity contribution in [1.29, 1.82) is 0 Å². The van der Waals surface area contributed by atoms with Gasteiger partial charge in [-0.2, -0.15) is 0 Å². The highest BCUT2D eigenvalue weighted by atomic mass is 15.2. The first kappa shape index (κ1) is 44.0. The predicted octanol–water partition coefficient (Wildman–Crippen LogP) is 19.3. The van der Waals surface area contributed by atoms with Gasteiger partial charge in [-0.15, -0.1) is 0 Å². The summed E-state index contributed by atoms with van der Waals surface area (Å²) >= 11 is 0. The summed E-state index contributed by atoms with van der Waals surface area (Å²) in [5, 5.41) is 2.39. The van der Waals surface area contributed by atoms with E-state index in [1.54, 1.807) is 0 Å². The number of para-hydroxylation sites is 3. The standard InChI is InChI=1S/C73H50N2/c1-5-24-52(25-6-1)58-32-13-14-33-59(58)60-34-15-16-35-61(60)64-37-18-21-40-68(64)75(71-43-23-42-70-72(71)65-38-19-22-41-69(65)74(70)56-30-11-4-12-31-56)57-47-44-51(45-48-57)53-46-49-63-62-36-17-20-39-66(62)73(67(63)50-53,54-26-7-2-8-27-54)55-28-9-3-10-29-55/h1-50H. The lowest BCUT2D eigenvalue weighted by atomic mass is 9.67. The lowest BCUT2D eigenvalue weighted by Crippen LogP contribution is -2.28. The maximum atomic E-state index is 2.50. The Hall–Kier alpha value is -9.76. The van der Waals surface area contributed by atoms with E-state index < -0.39 is 5.41 Å². The molecule has 13 aromatic rings. The molecule has 0 aliphatic heterocycles. The van der Waals surface area contributed by atoms with Gasteiger partial charge in [0.25, 0.3) is 0 Å². The summed E-state index contributed by atoms with van der Waals surface area (Å²) in [4.78, 5) is 2.50. The zero-order valence-corrected chi connectivity index (χ0v) is 41.3. The van der Waals surface area contributed by atoms with Gasteiger partial charge in [-0.1, -0.05) is 249 Å². The van der Waals surface area contributed by atoms with Crippen LogP contribution in [0.2, 0.25) is 0 Å². The number of anilines is 3. The Labute approximate surface area is 438 Å². The molecule has 0 unspecified atom stereocenters. The third-order valence-corrected chi connectivity index (χ3v) is 15.5. The third kappa shape index (κ3) is 7.17. The van der Waals surface area contributed by atoms with Crippen LogP contribution in [0.15, 0.2) is 303 Å². The van der Waals surface area contributed by atoms with E-state index in [0.717, 1.165) is 45.0 Å². The van der Waals surface area contributed by atoms with Crippen molar-refractivity contribution in [2.45, 2.75) is 5.41 Å². The minimum Gasteiger partial charge on any atom is -0.309 e. The summed E-state index contributed by atoms with van der Waals surface area (Å²) < 4.78 is 2.41. The number of fused-ring (bicyclic) bond motifs is 6. The Morgan fingerprint density at radius 3 is 1.45 bits per heavy atom. The fraction of sp³-hybridized carbons (Fsp3) is 0.0137. The minimum absolute atomic E-state index is 0.486. The summed E-state index contributed by atoms with van der Waals surface area (Å²) in [5.74, 6) is 0. The van der Waals surface area contributed by atoms with Crippen molar-refractivity contribution in [3.8, 4) is 61.3 Å². The normalized spacial score (nSPS) is 12.4. The highest BCUT2D eigenvalue weighted by Crippen LogP contribution is 2.57. The fourth-order valence-electron chi connectivity index (χ4n) is 12.3. The first-order valence-corrected chi connectivity index (χ1v) is 25.9. The van der Waals surface area contributed by atoms with Gasteiger partial charge in [0.05, 0.1) is 27.8 Å². The molecule has 1 aromatic heterocycles. The second-order valence-corrected chi connectivity index (χ2v) is 19.5. The predicted molar refractivity (Wildman–Crippen MR) is 315 cm³/mol. The zero-order chi connectivity index (χ0) is 49.7. The molecule has 1 aliphatic carbocycles. The number of hydrogen-bond acceptors (Lipinski definition) is 1. The van der Waals surface area contributed by atoms with E-state index in [1.807, 2.05) is 0 Å². The van der Waals surface area contributed by atoms with Gasteiger partial charge < -0.3 is 9.47 Å². The molecule has 0 atom stereocenters. The maximum absolute atomic E-state index is 2.50.